The second-order valence-corrected chi connectivity index (χ2v) is 9.99. The van der Waals surface area contributed by atoms with Gasteiger partial charge in [-0.2, -0.15) is 4.31 Å². The highest BCUT2D eigenvalue weighted by Crippen LogP contribution is 2.28. The van der Waals surface area contributed by atoms with E-state index in [0.717, 1.165) is 23.7 Å². The van der Waals surface area contributed by atoms with Gasteiger partial charge in [-0.15, -0.1) is 0 Å². The highest BCUT2D eigenvalue weighted by Gasteiger charge is 2.27. The van der Waals surface area contributed by atoms with Crippen molar-refractivity contribution in [2.45, 2.75) is 31.7 Å². The Morgan fingerprint density at radius 1 is 1.03 bits per heavy atom. The van der Waals surface area contributed by atoms with Gasteiger partial charge in [0.1, 0.15) is 0 Å². The topological polar surface area (TPSA) is 60.9 Å². The molecular formula is C23H30ClN3O3S. The molecule has 0 aromatic heterocycles. The van der Waals surface area contributed by atoms with Crippen molar-refractivity contribution in [2.75, 3.05) is 39.3 Å². The Kier molecular flexibility index (Phi) is 7.75. The predicted molar refractivity (Wildman–Crippen MR) is 124 cm³/mol. The van der Waals surface area contributed by atoms with Crippen molar-refractivity contribution >= 4 is 27.5 Å². The fraction of sp³-hybridized carbons (Fsp3) is 0.435. The molecular weight excluding hydrogens is 434 g/mol. The first-order valence-corrected chi connectivity index (χ1v) is 12.5. The number of hydrogen-bond donors (Lipinski definition) is 0. The van der Waals surface area contributed by atoms with Gasteiger partial charge in [0, 0.05) is 55.9 Å². The minimum Gasteiger partial charge on any atom is -0.336 e. The first kappa shape index (κ1) is 23.7. The molecule has 2 aromatic rings. The zero-order chi connectivity index (χ0) is 22.6. The zero-order valence-corrected chi connectivity index (χ0v) is 19.9. The lowest BCUT2D eigenvalue weighted by atomic mass is 10.1. The van der Waals surface area contributed by atoms with Crippen molar-refractivity contribution in [2.24, 2.45) is 0 Å². The van der Waals surface area contributed by atoms with E-state index >= 15 is 0 Å². The summed E-state index contributed by atoms with van der Waals surface area (Å²) in [7, 11) is -3.60. The predicted octanol–water partition coefficient (Wildman–Crippen LogP) is 3.89. The van der Waals surface area contributed by atoms with Gasteiger partial charge in [0.2, 0.25) is 10.0 Å². The molecule has 0 N–H and O–H groups in total. The molecule has 8 heteroatoms. The zero-order valence-electron chi connectivity index (χ0n) is 18.3. The van der Waals surface area contributed by atoms with Crippen molar-refractivity contribution < 1.29 is 13.2 Å². The van der Waals surface area contributed by atoms with Crippen LogP contribution < -0.4 is 0 Å². The number of benzene rings is 2. The minimum absolute atomic E-state index is 0.137. The van der Waals surface area contributed by atoms with Gasteiger partial charge in [-0.25, -0.2) is 8.42 Å². The smallest absolute Gasteiger partial charge is 0.253 e. The van der Waals surface area contributed by atoms with Crippen LogP contribution in [-0.4, -0.2) is 67.7 Å². The van der Waals surface area contributed by atoms with E-state index in [4.69, 9.17) is 11.6 Å². The van der Waals surface area contributed by atoms with Crippen molar-refractivity contribution in [3.8, 4) is 0 Å². The lowest BCUT2D eigenvalue weighted by molar-refractivity contribution is 0.0582. The Balaban J connectivity index is 1.69. The monoisotopic (exact) mass is 463 g/mol. The molecule has 1 fully saturated rings. The van der Waals surface area contributed by atoms with Crippen molar-refractivity contribution in [3.63, 3.8) is 0 Å². The van der Waals surface area contributed by atoms with Crippen LogP contribution in [0.2, 0.25) is 5.02 Å². The van der Waals surface area contributed by atoms with Crippen LogP contribution in [0.5, 0.6) is 0 Å². The molecule has 2 aromatic carbocycles. The van der Waals surface area contributed by atoms with Gasteiger partial charge in [-0.3, -0.25) is 9.69 Å². The molecule has 1 unspecified atom stereocenters. The SMILES string of the molecule is CCN(CC)S(=O)(=O)c1cccc(C(=O)N2CCN(C(C)c3ccccc3Cl)CC2)c1. The first-order valence-electron chi connectivity index (χ1n) is 10.7. The third-order valence-corrected chi connectivity index (χ3v) is 8.32. The molecule has 3 rings (SSSR count). The van der Waals surface area contributed by atoms with Crippen molar-refractivity contribution in [1.29, 1.82) is 0 Å². The molecule has 1 aliphatic rings. The van der Waals surface area contributed by atoms with E-state index in [1.165, 1.54) is 10.4 Å². The summed E-state index contributed by atoms with van der Waals surface area (Å²) in [6.45, 7) is 9.15. The molecule has 0 radical (unpaired) electrons. The Bertz CT molecular complexity index is 1020. The Hall–Kier alpha value is -1.93. The van der Waals surface area contributed by atoms with Gasteiger partial charge in [-0.1, -0.05) is 49.7 Å². The lowest BCUT2D eigenvalue weighted by Gasteiger charge is -2.38. The maximum Gasteiger partial charge on any atom is 0.253 e. The summed E-state index contributed by atoms with van der Waals surface area (Å²) in [5.41, 5.74) is 1.49. The average molecular weight is 464 g/mol. The third-order valence-electron chi connectivity index (χ3n) is 5.93. The maximum absolute atomic E-state index is 13.1. The number of nitrogens with zero attached hydrogens (tertiary/aromatic N) is 3. The Labute approximate surface area is 190 Å². The molecule has 0 spiro atoms. The molecule has 31 heavy (non-hydrogen) atoms. The van der Waals surface area contributed by atoms with Crippen LogP contribution in [0.4, 0.5) is 0 Å². The van der Waals surface area contributed by atoms with Crippen molar-refractivity contribution in [1.82, 2.24) is 14.1 Å². The third kappa shape index (κ3) is 5.12. The Morgan fingerprint density at radius 3 is 2.29 bits per heavy atom. The summed E-state index contributed by atoms with van der Waals surface area (Å²) in [6.07, 6.45) is 0. The number of carbonyl (C=O) groups excluding carboxylic acids is 1. The largest absolute Gasteiger partial charge is 0.336 e. The van der Waals surface area contributed by atoms with Crippen LogP contribution in [0.3, 0.4) is 0 Å². The lowest BCUT2D eigenvalue weighted by Crippen LogP contribution is -2.49. The average Bonchev–Trinajstić information content (AvgIpc) is 2.79. The van der Waals surface area contributed by atoms with Gasteiger partial charge in [0.05, 0.1) is 4.90 Å². The van der Waals surface area contributed by atoms with Crippen LogP contribution in [0, 0.1) is 0 Å². The van der Waals surface area contributed by atoms with Gasteiger partial charge >= 0.3 is 0 Å². The standard InChI is InChI=1S/C23H30ClN3O3S/c1-4-27(5-2)31(29,30)20-10-8-9-19(17-20)23(28)26-15-13-25(14-16-26)18(3)21-11-6-7-12-22(21)24/h6-12,17-18H,4-5,13-16H2,1-3H3. The van der Waals surface area contributed by atoms with Crippen LogP contribution in [-0.2, 0) is 10.0 Å². The summed E-state index contributed by atoms with van der Waals surface area (Å²) in [4.78, 5) is 17.3. The molecule has 168 valence electrons. The number of hydrogen-bond acceptors (Lipinski definition) is 4. The van der Waals surface area contributed by atoms with E-state index in [1.54, 1.807) is 36.9 Å². The molecule has 1 atom stereocenters. The molecule has 1 amide bonds. The number of sulfonamides is 1. The quantitative estimate of drug-likeness (QED) is 0.625. The molecule has 0 saturated carbocycles. The van der Waals surface area contributed by atoms with Gasteiger partial charge < -0.3 is 4.90 Å². The van der Waals surface area contributed by atoms with Gasteiger partial charge in [0.25, 0.3) is 5.91 Å². The first-order chi connectivity index (χ1) is 14.8. The number of piperazine rings is 1. The van der Waals surface area contributed by atoms with E-state index in [2.05, 4.69) is 11.8 Å². The second-order valence-electron chi connectivity index (χ2n) is 7.64. The number of carbonyl (C=O) groups is 1. The molecule has 1 heterocycles. The fourth-order valence-electron chi connectivity index (χ4n) is 4.01. The summed E-state index contributed by atoms with van der Waals surface area (Å²) < 4.78 is 27.0. The summed E-state index contributed by atoms with van der Waals surface area (Å²) in [6, 6.07) is 14.4. The van der Waals surface area contributed by atoms with Crippen LogP contribution >= 0.6 is 11.6 Å². The number of rotatable bonds is 7. The normalized spacial score (nSPS) is 16.5. The maximum atomic E-state index is 13.1. The molecule has 1 aliphatic heterocycles. The van der Waals surface area contributed by atoms with Crippen molar-refractivity contribution in [3.05, 3.63) is 64.7 Å². The van der Waals surface area contributed by atoms with E-state index in [9.17, 15) is 13.2 Å². The van der Waals surface area contributed by atoms with Crippen LogP contribution in [0.25, 0.3) is 0 Å². The molecule has 0 aliphatic carbocycles. The van der Waals surface area contributed by atoms with E-state index in [0.29, 0.717) is 31.7 Å². The van der Waals surface area contributed by atoms with Gasteiger partial charge in [0.15, 0.2) is 0 Å². The fourth-order valence-corrected chi connectivity index (χ4v) is 5.81. The van der Waals surface area contributed by atoms with E-state index in [1.807, 2.05) is 24.3 Å². The molecule has 1 saturated heterocycles. The highest BCUT2D eigenvalue weighted by molar-refractivity contribution is 7.89. The molecule has 6 nitrogen and oxygen atoms in total. The Morgan fingerprint density at radius 2 is 1.68 bits per heavy atom. The summed E-state index contributed by atoms with van der Waals surface area (Å²) >= 11 is 6.35. The minimum atomic E-state index is -3.60. The van der Waals surface area contributed by atoms with E-state index < -0.39 is 10.0 Å². The van der Waals surface area contributed by atoms with E-state index in [-0.39, 0.29) is 16.8 Å². The summed E-state index contributed by atoms with van der Waals surface area (Å²) in [5.74, 6) is -0.137. The highest BCUT2D eigenvalue weighted by atomic mass is 35.5. The summed E-state index contributed by atoms with van der Waals surface area (Å²) in [5, 5.41) is 0.750. The number of amides is 1. The van der Waals surface area contributed by atoms with Crippen LogP contribution in [0.15, 0.2) is 53.4 Å². The van der Waals surface area contributed by atoms with Crippen LogP contribution in [0.1, 0.15) is 42.7 Å². The number of halogens is 1. The second kappa shape index (κ2) is 10.1. The van der Waals surface area contributed by atoms with Gasteiger partial charge in [-0.05, 0) is 36.8 Å². The molecule has 0 bridgehead atoms.